The molecule has 124 valence electrons. The van der Waals surface area contributed by atoms with E-state index in [1.165, 1.54) is 11.3 Å². The maximum Gasteiger partial charge on any atom is 0.238 e. The molecule has 0 bridgehead atoms. The number of likely N-dealkylation sites (N-methyl/N-ethyl adjacent to an activating group) is 1. The van der Waals surface area contributed by atoms with Gasteiger partial charge in [0.2, 0.25) is 5.91 Å². The Morgan fingerprint density at radius 1 is 1.30 bits per heavy atom. The SMILES string of the molecule is CCN(CC(=O)Nc1cc(Cl)ccc1OC)Cc1ccc(Cl)s1. The molecule has 23 heavy (non-hydrogen) atoms. The van der Waals surface area contributed by atoms with Crippen molar-refractivity contribution in [2.75, 3.05) is 25.5 Å². The van der Waals surface area contributed by atoms with E-state index in [1.807, 2.05) is 24.0 Å². The first-order valence-corrected chi connectivity index (χ1v) is 8.69. The maximum atomic E-state index is 12.3. The lowest BCUT2D eigenvalue weighted by atomic mass is 10.3. The molecule has 1 heterocycles. The lowest BCUT2D eigenvalue weighted by Crippen LogP contribution is -2.32. The Bertz CT molecular complexity index is 676. The second kappa shape index (κ2) is 8.55. The number of nitrogens with one attached hydrogen (secondary N) is 1. The molecular formula is C16H18Cl2N2O2S. The molecule has 1 aromatic carbocycles. The highest BCUT2D eigenvalue weighted by molar-refractivity contribution is 7.16. The molecule has 1 aromatic heterocycles. The molecule has 2 rings (SSSR count). The van der Waals surface area contributed by atoms with E-state index in [1.54, 1.807) is 25.3 Å². The lowest BCUT2D eigenvalue weighted by molar-refractivity contribution is -0.117. The van der Waals surface area contributed by atoms with Gasteiger partial charge in [0, 0.05) is 16.4 Å². The van der Waals surface area contributed by atoms with E-state index in [4.69, 9.17) is 27.9 Å². The number of amides is 1. The van der Waals surface area contributed by atoms with Gasteiger partial charge in [0.25, 0.3) is 0 Å². The Balaban J connectivity index is 1.98. The highest BCUT2D eigenvalue weighted by Crippen LogP contribution is 2.27. The first-order chi connectivity index (χ1) is 11.0. The third-order valence-corrected chi connectivity index (χ3v) is 4.71. The van der Waals surface area contributed by atoms with E-state index in [9.17, 15) is 4.79 Å². The Hall–Kier alpha value is -1.27. The average Bonchev–Trinajstić information content (AvgIpc) is 2.92. The van der Waals surface area contributed by atoms with Crippen LogP contribution in [0.3, 0.4) is 0 Å². The smallest absolute Gasteiger partial charge is 0.238 e. The molecule has 4 nitrogen and oxygen atoms in total. The third-order valence-electron chi connectivity index (χ3n) is 3.26. The molecule has 2 aromatic rings. The molecule has 7 heteroatoms. The highest BCUT2D eigenvalue weighted by atomic mass is 35.5. The van der Waals surface area contributed by atoms with Gasteiger partial charge < -0.3 is 10.1 Å². The van der Waals surface area contributed by atoms with Gasteiger partial charge in [0.1, 0.15) is 5.75 Å². The van der Waals surface area contributed by atoms with Gasteiger partial charge in [-0.25, -0.2) is 0 Å². The molecule has 0 radical (unpaired) electrons. The van der Waals surface area contributed by atoms with Gasteiger partial charge in [0.15, 0.2) is 0 Å². The van der Waals surface area contributed by atoms with Crippen molar-refractivity contribution in [1.29, 1.82) is 0 Å². The van der Waals surface area contributed by atoms with Crippen LogP contribution in [0.1, 0.15) is 11.8 Å². The van der Waals surface area contributed by atoms with Crippen molar-refractivity contribution >= 4 is 46.1 Å². The number of benzene rings is 1. The quantitative estimate of drug-likeness (QED) is 0.776. The summed E-state index contributed by atoms with van der Waals surface area (Å²) in [5.41, 5.74) is 0.570. The average molecular weight is 373 g/mol. The van der Waals surface area contributed by atoms with Crippen LogP contribution in [0.2, 0.25) is 9.36 Å². The summed E-state index contributed by atoms with van der Waals surface area (Å²) >= 11 is 13.4. The van der Waals surface area contributed by atoms with Crippen LogP contribution in [0.15, 0.2) is 30.3 Å². The van der Waals surface area contributed by atoms with Crippen molar-refractivity contribution in [3.8, 4) is 5.75 Å². The second-order valence-electron chi connectivity index (χ2n) is 4.90. The van der Waals surface area contributed by atoms with Gasteiger partial charge in [0.05, 0.1) is 23.7 Å². The highest BCUT2D eigenvalue weighted by Gasteiger charge is 2.13. The minimum absolute atomic E-state index is 0.116. The predicted molar refractivity (Wildman–Crippen MR) is 96.9 cm³/mol. The van der Waals surface area contributed by atoms with Crippen LogP contribution in [0.5, 0.6) is 5.75 Å². The van der Waals surface area contributed by atoms with Crippen LogP contribution in [0.4, 0.5) is 5.69 Å². The largest absolute Gasteiger partial charge is 0.495 e. The molecule has 1 N–H and O–H groups in total. The summed E-state index contributed by atoms with van der Waals surface area (Å²) in [7, 11) is 1.55. The van der Waals surface area contributed by atoms with Gasteiger partial charge in [-0.15, -0.1) is 11.3 Å². The number of rotatable bonds is 7. The van der Waals surface area contributed by atoms with Crippen molar-refractivity contribution in [3.63, 3.8) is 0 Å². The first kappa shape index (κ1) is 18.1. The summed E-state index contributed by atoms with van der Waals surface area (Å²) < 4.78 is 5.98. The number of ether oxygens (including phenoxy) is 1. The fraction of sp³-hybridized carbons (Fsp3) is 0.312. The second-order valence-corrected chi connectivity index (χ2v) is 7.14. The van der Waals surface area contributed by atoms with Crippen LogP contribution in [0.25, 0.3) is 0 Å². The predicted octanol–water partition coefficient (Wildman–Crippen LogP) is 4.52. The van der Waals surface area contributed by atoms with Crippen LogP contribution >= 0.6 is 34.5 Å². The number of carbonyl (C=O) groups is 1. The molecule has 0 atom stereocenters. The summed E-state index contributed by atoms with van der Waals surface area (Å²) in [5.74, 6) is 0.464. The zero-order valence-corrected chi connectivity index (χ0v) is 15.3. The lowest BCUT2D eigenvalue weighted by Gasteiger charge is -2.19. The van der Waals surface area contributed by atoms with E-state index in [2.05, 4.69) is 5.32 Å². The number of methoxy groups -OCH3 is 1. The topological polar surface area (TPSA) is 41.6 Å². The Morgan fingerprint density at radius 3 is 2.70 bits per heavy atom. The van der Waals surface area contributed by atoms with Crippen molar-refractivity contribution in [3.05, 3.63) is 44.6 Å². The van der Waals surface area contributed by atoms with Crippen molar-refractivity contribution in [1.82, 2.24) is 4.90 Å². The number of carbonyl (C=O) groups excluding carboxylic acids is 1. The molecule has 1 amide bonds. The fourth-order valence-corrected chi connectivity index (χ4v) is 3.41. The Morgan fingerprint density at radius 2 is 2.09 bits per heavy atom. The standard InChI is InChI=1S/C16H18Cl2N2O2S/c1-3-20(9-12-5-7-15(18)23-12)10-16(21)19-13-8-11(17)4-6-14(13)22-2/h4-8H,3,9-10H2,1-2H3,(H,19,21). The number of thiophene rings is 1. The molecule has 0 saturated carbocycles. The first-order valence-electron chi connectivity index (χ1n) is 7.11. The molecule has 0 unspecified atom stereocenters. The van der Waals surface area contributed by atoms with Crippen LogP contribution < -0.4 is 10.1 Å². The van der Waals surface area contributed by atoms with E-state index in [-0.39, 0.29) is 12.5 Å². The number of nitrogens with zero attached hydrogens (tertiary/aromatic N) is 1. The number of hydrogen-bond donors (Lipinski definition) is 1. The fourth-order valence-electron chi connectivity index (χ4n) is 2.11. The van der Waals surface area contributed by atoms with Crippen molar-refractivity contribution < 1.29 is 9.53 Å². The summed E-state index contributed by atoms with van der Waals surface area (Å²) in [6, 6.07) is 8.96. The molecule has 0 aliphatic heterocycles. The van der Waals surface area contributed by atoms with Gasteiger partial charge in [-0.1, -0.05) is 30.1 Å². The summed E-state index contributed by atoms with van der Waals surface area (Å²) in [6.45, 7) is 3.74. The molecule has 0 saturated heterocycles. The molecule has 0 aliphatic carbocycles. The minimum Gasteiger partial charge on any atom is -0.495 e. The summed E-state index contributed by atoms with van der Waals surface area (Å²) in [6.07, 6.45) is 0. The molecule has 0 spiro atoms. The van der Waals surface area contributed by atoms with Crippen molar-refractivity contribution in [2.24, 2.45) is 0 Å². The van der Waals surface area contributed by atoms with Crippen LogP contribution in [0, 0.1) is 0 Å². The molecular weight excluding hydrogens is 355 g/mol. The summed E-state index contributed by atoms with van der Waals surface area (Å²) in [5, 5.41) is 3.39. The van der Waals surface area contributed by atoms with E-state index < -0.39 is 0 Å². The number of hydrogen-bond acceptors (Lipinski definition) is 4. The molecule has 0 fully saturated rings. The number of anilines is 1. The molecule has 0 aliphatic rings. The normalized spacial score (nSPS) is 10.8. The zero-order valence-electron chi connectivity index (χ0n) is 12.9. The zero-order chi connectivity index (χ0) is 16.8. The van der Waals surface area contributed by atoms with Crippen molar-refractivity contribution in [2.45, 2.75) is 13.5 Å². The minimum atomic E-state index is -0.116. The van der Waals surface area contributed by atoms with Gasteiger partial charge in [-0.2, -0.15) is 0 Å². The van der Waals surface area contributed by atoms with Gasteiger partial charge in [-0.05, 0) is 36.9 Å². The maximum absolute atomic E-state index is 12.3. The van der Waals surface area contributed by atoms with E-state index in [0.29, 0.717) is 23.0 Å². The Labute approximate surface area is 150 Å². The monoisotopic (exact) mass is 372 g/mol. The van der Waals surface area contributed by atoms with E-state index in [0.717, 1.165) is 15.8 Å². The third kappa shape index (κ3) is 5.39. The van der Waals surface area contributed by atoms with Crippen LogP contribution in [-0.2, 0) is 11.3 Å². The van der Waals surface area contributed by atoms with E-state index >= 15 is 0 Å². The Kier molecular flexibility index (Phi) is 6.72. The van der Waals surface area contributed by atoms with Crippen LogP contribution in [-0.4, -0.2) is 31.0 Å². The van der Waals surface area contributed by atoms with Gasteiger partial charge in [-0.3, -0.25) is 9.69 Å². The summed E-state index contributed by atoms with van der Waals surface area (Å²) in [4.78, 5) is 15.4. The number of halogens is 2. The van der Waals surface area contributed by atoms with Gasteiger partial charge >= 0.3 is 0 Å².